The summed E-state index contributed by atoms with van der Waals surface area (Å²) in [5.74, 6) is 0. The molecule has 2 aromatic carbocycles. The monoisotopic (exact) mass is 560 g/mol. The van der Waals surface area contributed by atoms with Gasteiger partial charge in [0.05, 0.1) is 15.9 Å². The first kappa shape index (κ1) is 14.6. The quantitative estimate of drug-likeness (QED) is 0.471. The maximum Gasteiger partial charge on any atom is 0.0692 e. The smallest absolute Gasteiger partial charge is 0.0692 e. The summed E-state index contributed by atoms with van der Waals surface area (Å²) in [6, 6.07) is 10.2. The Balaban J connectivity index is 0.000000260. The third-order valence-corrected chi connectivity index (χ3v) is 5.60. The first-order valence-corrected chi connectivity index (χ1v) is 9.57. The molecule has 0 aliphatic heterocycles. The number of hydrogen-bond donors (Lipinski definition) is 2. The molecule has 0 fully saturated rings. The standard InChI is InChI=1S/C8H7Br3.C8H9BrO2/c9-4-6-2-1-3-7(5-10)8(6)11;9-8-6(4-10)2-1-3-7(8)5-11/h1-3H,4-5H2;1-3,10-11H,4-5H2/i2*4D2. The van der Waals surface area contributed by atoms with Gasteiger partial charge >= 0.3 is 0 Å². The zero-order chi connectivity index (χ0) is 20.1. The highest BCUT2D eigenvalue weighted by Crippen LogP contribution is 2.25. The van der Waals surface area contributed by atoms with Crippen molar-refractivity contribution in [1.29, 1.82) is 0 Å². The first-order chi connectivity index (χ1) is 11.9. The highest BCUT2D eigenvalue weighted by Gasteiger charge is 2.02. The third kappa shape index (κ3) is 5.73. The molecule has 22 heavy (non-hydrogen) atoms. The molecule has 0 saturated heterocycles. The maximum atomic E-state index is 9.11. The summed E-state index contributed by atoms with van der Waals surface area (Å²) in [6.45, 7) is -2.57. The molecule has 0 aliphatic rings. The van der Waals surface area contributed by atoms with Crippen molar-refractivity contribution >= 4 is 63.7 Å². The van der Waals surface area contributed by atoms with Gasteiger partial charge in [0.25, 0.3) is 0 Å². The molecule has 120 valence electrons. The van der Waals surface area contributed by atoms with Gasteiger partial charge < -0.3 is 10.2 Å². The minimum Gasteiger partial charge on any atom is -0.392 e. The molecule has 2 aromatic rings. The van der Waals surface area contributed by atoms with Crippen LogP contribution in [0.25, 0.3) is 0 Å². The minimum atomic E-state index is -2.38. The van der Waals surface area contributed by atoms with Gasteiger partial charge in [0, 0.05) is 22.3 Å². The van der Waals surface area contributed by atoms with E-state index in [0.29, 0.717) is 20.9 Å². The van der Waals surface area contributed by atoms with Crippen molar-refractivity contribution in [3.8, 4) is 0 Å². The second kappa shape index (κ2) is 10.9. The summed E-state index contributed by atoms with van der Waals surface area (Å²) in [5.41, 5.74) is 2.33. The molecule has 2 rings (SSSR count). The Bertz CT molecular complexity index is 683. The number of hydrogen-bond acceptors (Lipinski definition) is 2. The van der Waals surface area contributed by atoms with Gasteiger partial charge in [-0.15, -0.1) is 0 Å². The number of benzene rings is 2. The molecule has 2 nitrogen and oxygen atoms in total. The highest BCUT2D eigenvalue weighted by molar-refractivity contribution is 9.11. The van der Waals surface area contributed by atoms with Crippen LogP contribution in [0.1, 0.15) is 27.7 Å². The lowest BCUT2D eigenvalue weighted by Crippen LogP contribution is -1.91. The first-order valence-electron chi connectivity index (χ1n) is 8.07. The Morgan fingerprint density at radius 2 is 1.32 bits per heavy atom. The van der Waals surface area contributed by atoms with E-state index in [1.54, 1.807) is 18.2 Å². The number of aliphatic hydroxyl groups is 2. The van der Waals surface area contributed by atoms with Crippen molar-refractivity contribution in [1.82, 2.24) is 0 Å². The van der Waals surface area contributed by atoms with Crippen LogP contribution < -0.4 is 0 Å². The fraction of sp³-hybridized carbons (Fsp3) is 0.250. The zero-order valence-electron chi connectivity index (χ0n) is 15.3. The van der Waals surface area contributed by atoms with Crippen LogP contribution in [0.5, 0.6) is 0 Å². The fourth-order valence-electron chi connectivity index (χ4n) is 1.54. The molecule has 0 saturated carbocycles. The van der Waals surface area contributed by atoms with E-state index in [1.807, 2.05) is 12.1 Å². The predicted molar refractivity (Wildman–Crippen MR) is 105 cm³/mol. The molecule has 6 heteroatoms. The lowest BCUT2D eigenvalue weighted by molar-refractivity contribution is 0.274. The largest absolute Gasteiger partial charge is 0.392 e. The second-order valence-corrected chi connectivity index (χ2v) is 6.60. The van der Waals surface area contributed by atoms with Crippen molar-refractivity contribution < 1.29 is 15.7 Å². The third-order valence-electron chi connectivity index (χ3n) is 2.69. The Labute approximate surface area is 170 Å². The lowest BCUT2D eigenvalue weighted by atomic mass is 10.1. The van der Waals surface area contributed by atoms with Crippen LogP contribution in [-0.2, 0) is 23.8 Å². The van der Waals surface area contributed by atoms with Gasteiger partial charge in [-0.05, 0) is 22.3 Å². The van der Waals surface area contributed by atoms with E-state index >= 15 is 0 Å². The molecule has 0 bridgehead atoms. The van der Waals surface area contributed by atoms with Gasteiger partial charge in [0.2, 0.25) is 0 Å². The van der Waals surface area contributed by atoms with Crippen LogP contribution in [0.4, 0.5) is 0 Å². The minimum absolute atomic E-state index is 0.124. The Morgan fingerprint density at radius 3 is 1.82 bits per heavy atom. The van der Waals surface area contributed by atoms with Crippen LogP contribution in [0, 0.1) is 0 Å². The molecule has 0 atom stereocenters. The molecule has 0 radical (unpaired) electrons. The SMILES string of the molecule is [2H]C([2H])(Br)c1cccc(CBr)c1Br.[2H]C([2H])(O)c1cccc(CO)c1Br. The van der Waals surface area contributed by atoms with E-state index in [2.05, 4.69) is 63.7 Å². The van der Waals surface area contributed by atoms with Crippen LogP contribution in [0.15, 0.2) is 45.3 Å². The topological polar surface area (TPSA) is 40.5 Å². The Morgan fingerprint density at radius 1 is 0.818 bits per heavy atom. The van der Waals surface area contributed by atoms with Gasteiger partial charge in [-0.25, -0.2) is 0 Å². The van der Waals surface area contributed by atoms with Crippen molar-refractivity contribution in [3.63, 3.8) is 0 Å². The zero-order valence-corrected chi connectivity index (χ0v) is 17.6. The Hall–Kier alpha value is 0.280. The number of rotatable bonds is 4. The van der Waals surface area contributed by atoms with E-state index < -0.39 is 11.8 Å². The number of aliphatic hydroxyl groups excluding tert-OH is 1. The number of alkyl halides is 2. The molecule has 0 amide bonds. The van der Waals surface area contributed by atoms with E-state index in [1.165, 1.54) is 6.07 Å². The van der Waals surface area contributed by atoms with Crippen LogP contribution in [0.2, 0.25) is 0 Å². The van der Waals surface area contributed by atoms with Crippen LogP contribution in [-0.4, -0.2) is 10.2 Å². The van der Waals surface area contributed by atoms with Crippen molar-refractivity contribution in [2.24, 2.45) is 0 Å². The summed E-state index contributed by atoms with van der Waals surface area (Å²) in [4.78, 5) is 0. The van der Waals surface area contributed by atoms with E-state index in [0.717, 1.165) is 10.0 Å². The average molecular weight is 564 g/mol. The van der Waals surface area contributed by atoms with Gasteiger partial charge in [-0.1, -0.05) is 100 Å². The summed E-state index contributed by atoms with van der Waals surface area (Å²) >= 11 is 12.8. The van der Waals surface area contributed by atoms with Crippen molar-refractivity contribution in [2.45, 2.75) is 23.8 Å². The van der Waals surface area contributed by atoms with Gasteiger partial charge in [0.1, 0.15) is 0 Å². The summed E-state index contributed by atoms with van der Waals surface area (Å²) in [7, 11) is 0. The molecular formula is C16H16Br4O2. The van der Waals surface area contributed by atoms with Gasteiger partial charge in [-0.3, -0.25) is 0 Å². The molecule has 0 spiro atoms. The van der Waals surface area contributed by atoms with Gasteiger partial charge in [0.15, 0.2) is 0 Å². The highest BCUT2D eigenvalue weighted by atomic mass is 79.9. The lowest BCUT2D eigenvalue weighted by Gasteiger charge is -2.04. The van der Waals surface area contributed by atoms with Crippen LogP contribution in [0.3, 0.4) is 0 Å². The fourth-order valence-corrected chi connectivity index (χ4v) is 3.97. The number of halogens is 4. The summed E-state index contributed by atoms with van der Waals surface area (Å²) in [5, 5.41) is 17.2. The average Bonchev–Trinajstić information content (AvgIpc) is 2.53. The summed E-state index contributed by atoms with van der Waals surface area (Å²) in [6.07, 6.45) is 0. The normalized spacial score (nSPS) is 14.1. The maximum absolute atomic E-state index is 9.11. The van der Waals surface area contributed by atoms with Crippen molar-refractivity contribution in [2.75, 3.05) is 0 Å². The van der Waals surface area contributed by atoms with E-state index in [4.69, 9.17) is 15.7 Å². The van der Waals surface area contributed by atoms with Gasteiger partial charge in [-0.2, -0.15) is 0 Å². The molecule has 0 unspecified atom stereocenters. The molecule has 0 heterocycles. The van der Waals surface area contributed by atoms with Crippen molar-refractivity contribution in [3.05, 3.63) is 67.6 Å². The second-order valence-electron chi connectivity index (χ2n) is 4.06. The molecule has 0 aliphatic carbocycles. The molecular weight excluding hydrogens is 544 g/mol. The van der Waals surface area contributed by atoms with E-state index in [-0.39, 0.29) is 12.2 Å². The summed E-state index contributed by atoms with van der Waals surface area (Å²) < 4.78 is 30.5. The van der Waals surface area contributed by atoms with E-state index in [9.17, 15) is 0 Å². The van der Waals surface area contributed by atoms with Crippen LogP contribution >= 0.6 is 63.7 Å². The molecule has 2 N–H and O–H groups in total. The Kier molecular flexibility index (Phi) is 7.27. The predicted octanol–water partition coefficient (Wildman–Crippen LogP) is 5.67. The molecule has 0 aromatic heterocycles.